The molecule has 0 aromatic carbocycles. The summed E-state index contributed by atoms with van der Waals surface area (Å²) in [6, 6.07) is 0. The monoisotopic (exact) mass is 208 g/mol. The Morgan fingerprint density at radius 2 is 2.00 bits per heavy atom. The molecule has 0 unspecified atom stereocenters. The maximum absolute atomic E-state index is 11.0. The average Bonchev–Trinajstić information content (AvgIpc) is 2.25. The van der Waals surface area contributed by atoms with Crippen molar-refractivity contribution < 1.29 is 9.53 Å². The molecule has 0 aliphatic rings. The Hall–Kier alpha value is -1.31. The minimum absolute atomic E-state index is 0.280. The Morgan fingerprint density at radius 1 is 1.27 bits per heavy atom. The summed E-state index contributed by atoms with van der Waals surface area (Å²) in [6.45, 7) is 5.86. The van der Waals surface area contributed by atoms with Crippen LogP contribution in [0.2, 0.25) is 0 Å². The van der Waals surface area contributed by atoms with Gasteiger partial charge in [-0.1, -0.05) is 37.8 Å². The maximum Gasteiger partial charge on any atom is 0.330 e. The molecule has 15 heavy (non-hydrogen) atoms. The van der Waals surface area contributed by atoms with E-state index in [4.69, 9.17) is 4.74 Å². The van der Waals surface area contributed by atoms with E-state index < -0.39 is 0 Å². The van der Waals surface area contributed by atoms with Crippen molar-refractivity contribution in [2.24, 2.45) is 0 Å². The number of unbranched alkanes of at least 4 members (excludes halogenated alkanes) is 2. The van der Waals surface area contributed by atoms with Crippen LogP contribution in [0.3, 0.4) is 0 Å². The molecule has 0 bridgehead atoms. The van der Waals surface area contributed by atoms with Crippen LogP contribution in [-0.4, -0.2) is 12.6 Å². The molecule has 0 radical (unpaired) electrons. The smallest absolute Gasteiger partial charge is 0.330 e. The summed E-state index contributed by atoms with van der Waals surface area (Å²) in [5.41, 5.74) is 0. The highest BCUT2D eigenvalue weighted by Crippen LogP contribution is 1.98. The lowest BCUT2D eigenvalue weighted by atomic mass is 10.2. The fraction of sp³-hybridized carbons (Fsp3) is 0.462. The highest BCUT2D eigenvalue weighted by molar-refractivity contribution is 5.81. The molecule has 0 aliphatic heterocycles. The van der Waals surface area contributed by atoms with Gasteiger partial charge in [0.1, 0.15) is 6.61 Å². The van der Waals surface area contributed by atoms with Gasteiger partial charge in [-0.15, -0.1) is 0 Å². The third-order valence-electron chi connectivity index (χ3n) is 1.74. The van der Waals surface area contributed by atoms with Crippen LogP contribution in [0.25, 0.3) is 0 Å². The highest BCUT2D eigenvalue weighted by Gasteiger charge is 1.92. The predicted octanol–water partition coefficient (Wildman–Crippen LogP) is 3.41. The first-order valence-corrected chi connectivity index (χ1v) is 5.40. The molecule has 0 aromatic rings. The molecule has 84 valence electrons. The molecule has 2 heteroatoms. The molecule has 0 fully saturated rings. The molecule has 0 amide bonds. The standard InChI is InChI=1S/C13H20O2/c1-3-5-6-7-8-9-10-11-13(14)15-12-4-2/h4-6,10-11H,2-3,7-9,12H2,1H3/b6-5+,11-10+. The highest BCUT2D eigenvalue weighted by atomic mass is 16.5. The number of hydrogen-bond donors (Lipinski definition) is 0. The van der Waals surface area contributed by atoms with Gasteiger partial charge in [0.25, 0.3) is 0 Å². The van der Waals surface area contributed by atoms with Crippen molar-refractivity contribution in [3.63, 3.8) is 0 Å². The van der Waals surface area contributed by atoms with E-state index in [1.54, 1.807) is 6.08 Å². The molecule has 0 saturated carbocycles. The lowest BCUT2D eigenvalue weighted by molar-refractivity contribution is -0.136. The van der Waals surface area contributed by atoms with Gasteiger partial charge in [-0.05, 0) is 25.7 Å². The number of esters is 1. The fourth-order valence-electron chi connectivity index (χ4n) is 1.01. The normalized spacial score (nSPS) is 11.0. The van der Waals surface area contributed by atoms with E-state index in [0.29, 0.717) is 0 Å². The van der Waals surface area contributed by atoms with E-state index in [2.05, 4.69) is 25.7 Å². The van der Waals surface area contributed by atoms with E-state index in [9.17, 15) is 4.79 Å². The van der Waals surface area contributed by atoms with Crippen molar-refractivity contribution in [1.29, 1.82) is 0 Å². The van der Waals surface area contributed by atoms with Gasteiger partial charge in [-0.2, -0.15) is 0 Å². The topological polar surface area (TPSA) is 26.3 Å². The van der Waals surface area contributed by atoms with Crippen molar-refractivity contribution in [3.8, 4) is 0 Å². The largest absolute Gasteiger partial charge is 0.458 e. The summed E-state index contributed by atoms with van der Waals surface area (Å²) in [4.78, 5) is 11.0. The second-order valence-electron chi connectivity index (χ2n) is 3.13. The van der Waals surface area contributed by atoms with Crippen LogP contribution in [0.1, 0.15) is 32.6 Å². The molecule has 0 rings (SSSR count). The molecule has 0 spiro atoms. The summed E-state index contributed by atoms with van der Waals surface area (Å²) in [5.74, 6) is -0.293. The zero-order valence-electron chi connectivity index (χ0n) is 9.45. The van der Waals surface area contributed by atoms with E-state index in [1.807, 2.05) is 6.08 Å². The first-order valence-electron chi connectivity index (χ1n) is 5.40. The fourth-order valence-corrected chi connectivity index (χ4v) is 1.01. The van der Waals surface area contributed by atoms with Crippen LogP contribution in [0.4, 0.5) is 0 Å². The zero-order chi connectivity index (χ0) is 11.4. The number of ether oxygens (including phenoxy) is 1. The van der Waals surface area contributed by atoms with Gasteiger partial charge in [0.15, 0.2) is 0 Å². The SMILES string of the molecule is C=CCOC(=O)/C=C/CCC/C=C/CC. The Kier molecular flexibility index (Phi) is 9.83. The van der Waals surface area contributed by atoms with E-state index in [1.165, 1.54) is 6.08 Å². The van der Waals surface area contributed by atoms with Gasteiger partial charge >= 0.3 is 5.97 Å². The minimum atomic E-state index is -0.293. The molecule has 0 heterocycles. The van der Waals surface area contributed by atoms with E-state index >= 15 is 0 Å². The molecule has 0 saturated heterocycles. The van der Waals surface area contributed by atoms with E-state index in [0.717, 1.165) is 25.7 Å². The Morgan fingerprint density at radius 3 is 2.67 bits per heavy atom. The third kappa shape index (κ3) is 10.6. The van der Waals surface area contributed by atoms with Crippen LogP contribution >= 0.6 is 0 Å². The zero-order valence-corrected chi connectivity index (χ0v) is 9.45. The molecule has 0 N–H and O–H groups in total. The molecule has 0 aromatic heterocycles. The van der Waals surface area contributed by atoms with Gasteiger partial charge in [0.2, 0.25) is 0 Å². The Balaban J connectivity index is 3.41. The first-order chi connectivity index (χ1) is 7.31. The second kappa shape index (κ2) is 10.8. The third-order valence-corrected chi connectivity index (χ3v) is 1.74. The van der Waals surface area contributed by atoms with Crippen molar-refractivity contribution in [2.75, 3.05) is 6.61 Å². The quantitative estimate of drug-likeness (QED) is 0.264. The number of carbonyl (C=O) groups is 1. The number of allylic oxidation sites excluding steroid dienone is 3. The first kappa shape index (κ1) is 13.7. The Bertz CT molecular complexity index is 227. The van der Waals surface area contributed by atoms with Gasteiger partial charge in [0.05, 0.1) is 0 Å². The lowest BCUT2D eigenvalue weighted by Gasteiger charge is -1.95. The van der Waals surface area contributed by atoms with Gasteiger partial charge in [0, 0.05) is 6.08 Å². The summed E-state index contributed by atoms with van der Waals surface area (Å²) in [6.07, 6.45) is 13.4. The lowest BCUT2D eigenvalue weighted by Crippen LogP contribution is -1.99. The van der Waals surface area contributed by atoms with Crippen LogP contribution < -0.4 is 0 Å². The molecule has 0 aliphatic carbocycles. The van der Waals surface area contributed by atoms with Crippen molar-refractivity contribution in [3.05, 3.63) is 37.0 Å². The number of hydrogen-bond acceptors (Lipinski definition) is 2. The van der Waals surface area contributed by atoms with Crippen LogP contribution in [0.5, 0.6) is 0 Å². The summed E-state index contributed by atoms with van der Waals surface area (Å²) in [5, 5.41) is 0. The van der Waals surface area contributed by atoms with E-state index in [-0.39, 0.29) is 12.6 Å². The van der Waals surface area contributed by atoms with Gasteiger partial charge < -0.3 is 4.74 Å². The van der Waals surface area contributed by atoms with Crippen molar-refractivity contribution in [2.45, 2.75) is 32.6 Å². The average molecular weight is 208 g/mol. The molecule has 2 nitrogen and oxygen atoms in total. The van der Waals surface area contributed by atoms with Gasteiger partial charge in [-0.3, -0.25) is 0 Å². The minimum Gasteiger partial charge on any atom is -0.458 e. The molecular formula is C13H20O2. The predicted molar refractivity (Wildman–Crippen MR) is 63.6 cm³/mol. The van der Waals surface area contributed by atoms with Crippen LogP contribution in [0.15, 0.2) is 37.0 Å². The summed E-state index contributed by atoms with van der Waals surface area (Å²) >= 11 is 0. The van der Waals surface area contributed by atoms with Gasteiger partial charge in [-0.25, -0.2) is 4.79 Å². The number of rotatable bonds is 8. The van der Waals surface area contributed by atoms with Crippen LogP contribution in [0, 0.1) is 0 Å². The maximum atomic E-state index is 11.0. The summed E-state index contributed by atoms with van der Waals surface area (Å²) in [7, 11) is 0. The number of carbonyl (C=O) groups excluding carboxylic acids is 1. The molecular weight excluding hydrogens is 188 g/mol. The summed E-state index contributed by atoms with van der Waals surface area (Å²) < 4.78 is 4.78. The van der Waals surface area contributed by atoms with Crippen molar-refractivity contribution >= 4 is 5.97 Å². The van der Waals surface area contributed by atoms with Crippen LogP contribution in [-0.2, 0) is 9.53 Å². The molecule has 0 atom stereocenters. The Labute approximate surface area is 92.3 Å². The second-order valence-corrected chi connectivity index (χ2v) is 3.13. The van der Waals surface area contributed by atoms with Crippen molar-refractivity contribution in [1.82, 2.24) is 0 Å².